The van der Waals surface area contributed by atoms with Crippen molar-refractivity contribution in [2.24, 2.45) is 0 Å². The van der Waals surface area contributed by atoms with Gasteiger partial charge in [-0.05, 0) is 54.7 Å². The number of phenols is 1. The normalized spacial score (nSPS) is 11.8. The first kappa shape index (κ1) is 18.5. The van der Waals surface area contributed by atoms with Gasteiger partial charge in [0.25, 0.3) is 0 Å². The number of hydrogen-bond donors (Lipinski definition) is 2. The number of aliphatic hydroxyl groups is 1. The summed E-state index contributed by atoms with van der Waals surface area (Å²) in [6, 6.07) is 8.25. The van der Waals surface area contributed by atoms with E-state index >= 15 is 0 Å². The van der Waals surface area contributed by atoms with Crippen LogP contribution in [-0.4, -0.2) is 28.4 Å². The van der Waals surface area contributed by atoms with E-state index in [-0.39, 0.29) is 12.1 Å². The lowest BCUT2D eigenvalue weighted by Gasteiger charge is -2.13. The molecule has 0 radical (unpaired) electrons. The van der Waals surface area contributed by atoms with Crippen molar-refractivity contribution < 1.29 is 19.9 Å². The summed E-state index contributed by atoms with van der Waals surface area (Å²) in [5.74, 6) is 0.284. The van der Waals surface area contributed by atoms with E-state index in [2.05, 4.69) is 6.58 Å². The molecule has 1 unspecified atom stereocenters. The number of hydrogen-bond acceptors (Lipinski definition) is 5. The van der Waals surface area contributed by atoms with Crippen LogP contribution in [-0.2, 0) is 12.8 Å². The molecular formula is C19H21NO5. The zero-order chi connectivity index (χ0) is 18.6. The second kappa shape index (κ2) is 7.81. The summed E-state index contributed by atoms with van der Waals surface area (Å²) in [7, 11) is 1.56. The molecule has 0 spiro atoms. The molecule has 25 heavy (non-hydrogen) atoms. The SMILES string of the molecule is C=CCc1cc(-c2cc(CC(C)O)cc([N+](=O)[O-])c2O)ccc1OC. The minimum Gasteiger partial charge on any atom is -0.502 e. The van der Waals surface area contributed by atoms with E-state index in [1.165, 1.54) is 6.07 Å². The minimum absolute atomic E-state index is 0.254. The first-order valence-corrected chi connectivity index (χ1v) is 7.83. The van der Waals surface area contributed by atoms with Crippen molar-refractivity contribution >= 4 is 5.69 Å². The monoisotopic (exact) mass is 343 g/mol. The molecule has 2 aromatic rings. The van der Waals surface area contributed by atoms with E-state index in [0.717, 1.165) is 5.56 Å². The summed E-state index contributed by atoms with van der Waals surface area (Å²) in [6.07, 6.45) is 1.90. The molecule has 0 saturated carbocycles. The number of phenolic OH excluding ortho intramolecular Hbond substituents is 1. The van der Waals surface area contributed by atoms with Gasteiger partial charge in [-0.25, -0.2) is 0 Å². The molecule has 6 nitrogen and oxygen atoms in total. The van der Waals surface area contributed by atoms with Gasteiger partial charge in [0.05, 0.1) is 18.1 Å². The fourth-order valence-corrected chi connectivity index (χ4v) is 2.76. The standard InChI is InChI=1S/C19H21NO5/c1-4-5-15-11-14(6-7-18(15)25-3)16-9-13(8-12(2)21)10-17(19(16)22)20(23)24/h4,6-7,9-12,21-22H,1,5,8H2,2-3H3. The van der Waals surface area contributed by atoms with E-state index in [4.69, 9.17) is 4.74 Å². The van der Waals surface area contributed by atoms with Crippen LogP contribution in [0.1, 0.15) is 18.1 Å². The first-order valence-electron chi connectivity index (χ1n) is 7.83. The van der Waals surface area contributed by atoms with Crippen LogP contribution in [0.4, 0.5) is 5.69 Å². The van der Waals surface area contributed by atoms with Crippen molar-refractivity contribution in [3.8, 4) is 22.6 Å². The molecule has 0 heterocycles. The van der Waals surface area contributed by atoms with Gasteiger partial charge in [0, 0.05) is 11.6 Å². The molecule has 6 heteroatoms. The van der Waals surface area contributed by atoms with Crippen LogP contribution in [0.5, 0.6) is 11.5 Å². The van der Waals surface area contributed by atoms with Gasteiger partial charge in [-0.1, -0.05) is 12.1 Å². The van der Waals surface area contributed by atoms with E-state index in [0.29, 0.717) is 28.9 Å². The van der Waals surface area contributed by atoms with Crippen molar-refractivity contribution in [3.63, 3.8) is 0 Å². The molecule has 2 N–H and O–H groups in total. The number of ether oxygens (including phenoxy) is 1. The quantitative estimate of drug-likeness (QED) is 0.455. The Kier molecular flexibility index (Phi) is 5.77. The van der Waals surface area contributed by atoms with Crippen molar-refractivity contribution in [3.05, 3.63) is 64.2 Å². The summed E-state index contributed by atoms with van der Waals surface area (Å²) < 4.78 is 5.31. The number of aromatic hydroxyl groups is 1. The van der Waals surface area contributed by atoms with Crippen molar-refractivity contribution in [1.29, 1.82) is 0 Å². The van der Waals surface area contributed by atoms with Gasteiger partial charge in [0.2, 0.25) is 5.75 Å². The van der Waals surface area contributed by atoms with Gasteiger partial charge in [-0.15, -0.1) is 6.58 Å². The molecule has 1 atom stereocenters. The maximum absolute atomic E-state index is 11.3. The van der Waals surface area contributed by atoms with Gasteiger partial charge >= 0.3 is 5.69 Å². The van der Waals surface area contributed by atoms with E-state index in [9.17, 15) is 20.3 Å². The molecule has 132 valence electrons. The molecular weight excluding hydrogens is 322 g/mol. The molecule has 0 aliphatic carbocycles. The second-order valence-electron chi connectivity index (χ2n) is 5.84. The number of methoxy groups -OCH3 is 1. The predicted octanol–water partition coefficient (Wildman–Crippen LogP) is 3.63. The maximum Gasteiger partial charge on any atom is 0.311 e. The number of benzene rings is 2. The summed E-state index contributed by atoms with van der Waals surface area (Å²) in [6.45, 7) is 5.32. The van der Waals surface area contributed by atoms with Crippen LogP contribution in [0.2, 0.25) is 0 Å². The van der Waals surface area contributed by atoms with Gasteiger partial charge in [0.1, 0.15) is 5.75 Å². The lowest BCUT2D eigenvalue weighted by molar-refractivity contribution is -0.385. The molecule has 0 fully saturated rings. The Balaban J connectivity index is 2.64. The highest BCUT2D eigenvalue weighted by atomic mass is 16.6. The van der Waals surface area contributed by atoms with Crippen LogP contribution in [0.3, 0.4) is 0 Å². The zero-order valence-electron chi connectivity index (χ0n) is 14.2. The molecule has 2 aromatic carbocycles. The Morgan fingerprint density at radius 2 is 2.08 bits per heavy atom. The molecule has 0 aliphatic heterocycles. The zero-order valence-corrected chi connectivity index (χ0v) is 14.2. The first-order chi connectivity index (χ1) is 11.9. The summed E-state index contributed by atoms with van der Waals surface area (Å²) in [5, 5.41) is 31.2. The van der Waals surface area contributed by atoms with Crippen LogP contribution in [0.15, 0.2) is 43.0 Å². The van der Waals surface area contributed by atoms with Crippen molar-refractivity contribution in [1.82, 2.24) is 0 Å². The number of nitro groups is 1. The third kappa shape index (κ3) is 4.16. The molecule has 0 aromatic heterocycles. The number of allylic oxidation sites excluding steroid dienone is 1. The third-order valence-corrected chi connectivity index (χ3v) is 3.83. The van der Waals surface area contributed by atoms with Crippen LogP contribution >= 0.6 is 0 Å². The summed E-state index contributed by atoms with van der Waals surface area (Å²) in [5.41, 5.74) is 2.03. The predicted molar refractivity (Wildman–Crippen MR) is 96.0 cm³/mol. The highest BCUT2D eigenvalue weighted by molar-refractivity contribution is 5.77. The van der Waals surface area contributed by atoms with Crippen LogP contribution in [0, 0.1) is 10.1 Å². The van der Waals surface area contributed by atoms with Gasteiger partial charge in [-0.2, -0.15) is 0 Å². The Bertz CT molecular complexity index is 799. The fourth-order valence-electron chi connectivity index (χ4n) is 2.76. The van der Waals surface area contributed by atoms with E-state index in [1.54, 1.807) is 38.3 Å². The maximum atomic E-state index is 11.3. The number of rotatable bonds is 7. The Hall–Kier alpha value is -2.86. The highest BCUT2D eigenvalue weighted by Crippen LogP contribution is 2.39. The van der Waals surface area contributed by atoms with Gasteiger partial charge < -0.3 is 14.9 Å². The lowest BCUT2D eigenvalue weighted by Crippen LogP contribution is -2.05. The van der Waals surface area contributed by atoms with Gasteiger partial charge in [-0.3, -0.25) is 10.1 Å². The van der Waals surface area contributed by atoms with Crippen molar-refractivity contribution in [2.75, 3.05) is 7.11 Å². The second-order valence-corrected chi connectivity index (χ2v) is 5.84. The molecule has 0 saturated heterocycles. The Morgan fingerprint density at radius 3 is 2.64 bits per heavy atom. The molecule has 0 amide bonds. The molecule has 0 aliphatic rings. The van der Waals surface area contributed by atoms with Crippen LogP contribution < -0.4 is 4.74 Å². The highest BCUT2D eigenvalue weighted by Gasteiger charge is 2.21. The smallest absolute Gasteiger partial charge is 0.311 e. The average molecular weight is 343 g/mol. The largest absolute Gasteiger partial charge is 0.502 e. The fraction of sp³-hybridized carbons (Fsp3) is 0.263. The van der Waals surface area contributed by atoms with Crippen LogP contribution in [0.25, 0.3) is 11.1 Å². The Morgan fingerprint density at radius 1 is 1.36 bits per heavy atom. The lowest BCUT2D eigenvalue weighted by atomic mass is 9.96. The molecule has 0 bridgehead atoms. The number of nitrogens with zero attached hydrogens (tertiary/aromatic N) is 1. The Labute approximate surface area is 146 Å². The molecule has 2 rings (SSSR count). The van der Waals surface area contributed by atoms with E-state index in [1.807, 2.05) is 6.07 Å². The van der Waals surface area contributed by atoms with Gasteiger partial charge in [0.15, 0.2) is 0 Å². The minimum atomic E-state index is -0.649. The number of nitro benzene ring substituents is 1. The third-order valence-electron chi connectivity index (χ3n) is 3.83. The van der Waals surface area contributed by atoms with E-state index < -0.39 is 16.8 Å². The summed E-state index contributed by atoms with van der Waals surface area (Å²) in [4.78, 5) is 10.6. The average Bonchev–Trinajstić information content (AvgIpc) is 2.55. The topological polar surface area (TPSA) is 92.8 Å². The van der Waals surface area contributed by atoms with Crippen molar-refractivity contribution in [2.45, 2.75) is 25.9 Å². The summed E-state index contributed by atoms with van der Waals surface area (Å²) >= 11 is 0. The number of aliphatic hydroxyl groups excluding tert-OH is 1.